The number of thioether (sulfide) groups is 1. The normalized spacial score (nSPS) is 11.3. The fourth-order valence-corrected chi connectivity index (χ4v) is 4.48. The minimum absolute atomic E-state index is 0.0935. The van der Waals surface area contributed by atoms with Crippen molar-refractivity contribution in [3.63, 3.8) is 0 Å². The zero-order chi connectivity index (χ0) is 25.5. The Morgan fingerprint density at radius 3 is 2.44 bits per heavy atom. The summed E-state index contributed by atoms with van der Waals surface area (Å²) < 4.78 is 12.7. The number of methoxy groups -OCH3 is 2. The molecule has 4 aromatic rings. The standard InChI is InChI=1S/C26H24ClN5O3S/c1-17(20-11-7-8-12-21(20)27)28-29-24(33)16-36-26-31-30-25(32(26)19-9-5-4-6-10-19)18-13-14-22(34-2)23(15-18)35-3/h4-15H,16H2,1-3H3,(H,29,33)/b28-17-. The van der Waals surface area contributed by atoms with Gasteiger partial charge in [0.2, 0.25) is 0 Å². The summed E-state index contributed by atoms with van der Waals surface area (Å²) in [6, 6.07) is 22.6. The lowest BCUT2D eigenvalue weighted by Gasteiger charge is -2.12. The highest BCUT2D eigenvalue weighted by Crippen LogP contribution is 2.34. The molecule has 0 radical (unpaired) electrons. The summed E-state index contributed by atoms with van der Waals surface area (Å²) in [5.41, 5.74) is 5.61. The molecule has 0 saturated heterocycles. The van der Waals surface area contributed by atoms with E-state index in [9.17, 15) is 4.79 Å². The van der Waals surface area contributed by atoms with Gasteiger partial charge in [0.25, 0.3) is 5.91 Å². The number of para-hydroxylation sites is 1. The molecule has 0 saturated carbocycles. The molecule has 3 aromatic carbocycles. The molecule has 0 aliphatic heterocycles. The zero-order valence-corrected chi connectivity index (χ0v) is 21.5. The van der Waals surface area contributed by atoms with E-state index < -0.39 is 0 Å². The molecule has 1 amide bonds. The van der Waals surface area contributed by atoms with Crippen LogP contribution >= 0.6 is 23.4 Å². The van der Waals surface area contributed by atoms with E-state index in [4.69, 9.17) is 21.1 Å². The first-order chi connectivity index (χ1) is 17.5. The number of rotatable bonds is 9. The summed E-state index contributed by atoms with van der Waals surface area (Å²) in [5, 5.41) is 14.1. The summed E-state index contributed by atoms with van der Waals surface area (Å²) in [4.78, 5) is 12.6. The molecule has 10 heteroatoms. The van der Waals surface area contributed by atoms with Crippen molar-refractivity contribution in [2.24, 2.45) is 5.10 Å². The van der Waals surface area contributed by atoms with Crippen molar-refractivity contribution < 1.29 is 14.3 Å². The Labute approximate surface area is 218 Å². The van der Waals surface area contributed by atoms with E-state index in [1.807, 2.05) is 71.3 Å². The summed E-state index contributed by atoms with van der Waals surface area (Å²) >= 11 is 7.47. The number of hydrogen-bond acceptors (Lipinski definition) is 7. The third-order valence-corrected chi connectivity index (χ3v) is 6.49. The van der Waals surface area contributed by atoms with Gasteiger partial charge in [-0.2, -0.15) is 5.10 Å². The fourth-order valence-electron chi connectivity index (χ4n) is 3.46. The molecule has 1 N–H and O–H groups in total. The van der Waals surface area contributed by atoms with Gasteiger partial charge in [-0.15, -0.1) is 10.2 Å². The van der Waals surface area contributed by atoms with Crippen molar-refractivity contribution in [1.82, 2.24) is 20.2 Å². The number of benzene rings is 3. The highest BCUT2D eigenvalue weighted by molar-refractivity contribution is 7.99. The number of carbonyl (C=O) groups excluding carboxylic acids is 1. The third kappa shape index (κ3) is 5.69. The number of aromatic nitrogens is 3. The van der Waals surface area contributed by atoms with Crippen LogP contribution < -0.4 is 14.9 Å². The van der Waals surface area contributed by atoms with Gasteiger partial charge in [0.05, 0.1) is 25.7 Å². The van der Waals surface area contributed by atoms with E-state index in [1.54, 1.807) is 27.2 Å². The fraction of sp³-hybridized carbons (Fsp3) is 0.154. The van der Waals surface area contributed by atoms with Gasteiger partial charge in [-0.1, -0.05) is 59.8 Å². The van der Waals surface area contributed by atoms with Crippen LogP contribution in [0.4, 0.5) is 0 Å². The van der Waals surface area contributed by atoms with Gasteiger partial charge >= 0.3 is 0 Å². The van der Waals surface area contributed by atoms with Crippen LogP contribution in [0, 0.1) is 0 Å². The molecule has 1 aromatic heterocycles. The lowest BCUT2D eigenvalue weighted by Crippen LogP contribution is -2.21. The third-order valence-electron chi connectivity index (χ3n) is 5.23. The molecule has 0 fully saturated rings. The predicted molar refractivity (Wildman–Crippen MR) is 142 cm³/mol. The van der Waals surface area contributed by atoms with Crippen LogP contribution in [0.5, 0.6) is 11.5 Å². The Morgan fingerprint density at radius 1 is 1.00 bits per heavy atom. The maximum atomic E-state index is 12.6. The van der Waals surface area contributed by atoms with Gasteiger partial charge in [-0.3, -0.25) is 9.36 Å². The van der Waals surface area contributed by atoms with E-state index in [0.717, 1.165) is 16.8 Å². The van der Waals surface area contributed by atoms with Gasteiger partial charge in [-0.25, -0.2) is 5.43 Å². The number of hydrogen-bond donors (Lipinski definition) is 1. The number of nitrogens with zero attached hydrogens (tertiary/aromatic N) is 4. The molecule has 184 valence electrons. The van der Waals surface area contributed by atoms with Crippen LogP contribution in [-0.2, 0) is 4.79 Å². The molecule has 0 bridgehead atoms. The highest BCUT2D eigenvalue weighted by atomic mass is 35.5. The van der Waals surface area contributed by atoms with Crippen LogP contribution in [0.1, 0.15) is 12.5 Å². The Bertz CT molecular complexity index is 1390. The maximum Gasteiger partial charge on any atom is 0.250 e. The topological polar surface area (TPSA) is 90.6 Å². The van der Waals surface area contributed by atoms with Crippen LogP contribution in [0.2, 0.25) is 5.02 Å². The van der Waals surface area contributed by atoms with Gasteiger partial charge in [0.15, 0.2) is 22.5 Å². The smallest absolute Gasteiger partial charge is 0.250 e. The second kappa shape index (κ2) is 11.7. The molecule has 8 nitrogen and oxygen atoms in total. The van der Waals surface area contributed by atoms with E-state index in [2.05, 4.69) is 20.7 Å². The van der Waals surface area contributed by atoms with Crippen LogP contribution in [0.15, 0.2) is 83.1 Å². The molecule has 0 spiro atoms. The Balaban J connectivity index is 1.57. The van der Waals surface area contributed by atoms with Gasteiger partial charge in [0.1, 0.15) is 0 Å². The first kappa shape index (κ1) is 25.3. The second-order valence-electron chi connectivity index (χ2n) is 7.55. The Hall–Kier alpha value is -3.82. The number of amides is 1. The van der Waals surface area contributed by atoms with E-state index in [1.165, 1.54) is 11.8 Å². The molecule has 4 rings (SSSR count). The molecule has 0 atom stereocenters. The van der Waals surface area contributed by atoms with Crippen molar-refractivity contribution in [1.29, 1.82) is 0 Å². The van der Waals surface area contributed by atoms with Gasteiger partial charge in [0, 0.05) is 21.8 Å². The quantitative estimate of drug-likeness (QED) is 0.184. The molecule has 0 unspecified atom stereocenters. The van der Waals surface area contributed by atoms with Crippen molar-refractivity contribution >= 4 is 35.0 Å². The number of ether oxygens (including phenoxy) is 2. The largest absolute Gasteiger partial charge is 0.493 e. The van der Waals surface area contributed by atoms with Crippen molar-refractivity contribution in [3.05, 3.63) is 83.4 Å². The number of halogens is 1. The van der Waals surface area contributed by atoms with Crippen LogP contribution in [0.3, 0.4) is 0 Å². The number of nitrogens with one attached hydrogen (secondary N) is 1. The summed E-state index contributed by atoms with van der Waals surface area (Å²) in [5.74, 6) is 1.62. The maximum absolute atomic E-state index is 12.6. The SMILES string of the molecule is COc1ccc(-c2nnc(SCC(=O)N/N=C(/C)c3ccccc3Cl)n2-c2ccccc2)cc1OC. The predicted octanol–water partition coefficient (Wildman–Crippen LogP) is 5.24. The first-order valence-corrected chi connectivity index (χ1v) is 12.3. The summed E-state index contributed by atoms with van der Waals surface area (Å²) in [7, 11) is 3.17. The summed E-state index contributed by atoms with van der Waals surface area (Å²) in [6.45, 7) is 1.79. The summed E-state index contributed by atoms with van der Waals surface area (Å²) in [6.07, 6.45) is 0. The lowest BCUT2D eigenvalue weighted by molar-refractivity contribution is -0.118. The van der Waals surface area contributed by atoms with Crippen LogP contribution in [-0.4, -0.2) is 46.4 Å². The van der Waals surface area contributed by atoms with Crippen molar-refractivity contribution in [3.8, 4) is 28.6 Å². The average molecular weight is 522 g/mol. The second-order valence-corrected chi connectivity index (χ2v) is 8.90. The molecule has 0 aliphatic carbocycles. The number of hydrazone groups is 1. The Kier molecular flexibility index (Phi) is 8.24. The van der Waals surface area contributed by atoms with Gasteiger partial charge in [-0.05, 0) is 43.3 Å². The first-order valence-electron chi connectivity index (χ1n) is 11.0. The van der Waals surface area contributed by atoms with Gasteiger partial charge < -0.3 is 9.47 Å². The lowest BCUT2D eigenvalue weighted by atomic mass is 10.1. The molecule has 0 aliphatic rings. The minimum Gasteiger partial charge on any atom is -0.493 e. The monoisotopic (exact) mass is 521 g/mol. The molecular formula is C26H24ClN5O3S. The Morgan fingerprint density at radius 2 is 1.72 bits per heavy atom. The highest BCUT2D eigenvalue weighted by Gasteiger charge is 2.19. The van der Waals surface area contributed by atoms with E-state index in [-0.39, 0.29) is 11.7 Å². The zero-order valence-electron chi connectivity index (χ0n) is 19.9. The van der Waals surface area contributed by atoms with Crippen molar-refractivity contribution in [2.45, 2.75) is 12.1 Å². The minimum atomic E-state index is -0.276. The molecule has 36 heavy (non-hydrogen) atoms. The molecular weight excluding hydrogens is 498 g/mol. The van der Waals surface area contributed by atoms with Crippen LogP contribution in [0.25, 0.3) is 17.1 Å². The van der Waals surface area contributed by atoms with Crippen molar-refractivity contribution in [2.75, 3.05) is 20.0 Å². The van der Waals surface area contributed by atoms with E-state index >= 15 is 0 Å². The average Bonchev–Trinajstić information content (AvgIpc) is 3.34. The van der Waals surface area contributed by atoms with E-state index in [0.29, 0.717) is 33.2 Å². The number of carbonyl (C=O) groups is 1. The molecule has 1 heterocycles.